The third-order valence-electron chi connectivity index (χ3n) is 2.76. The minimum absolute atomic E-state index is 0.0692. The molecule has 2 heteroatoms. The smallest absolute Gasteiger partial charge is 0.223 e. The fourth-order valence-electron chi connectivity index (χ4n) is 0.838. The summed E-state index contributed by atoms with van der Waals surface area (Å²) in [6.07, 6.45) is 0.962. The molecule has 78 valence electrons. The summed E-state index contributed by atoms with van der Waals surface area (Å²) < 4.78 is 0. The largest absolute Gasteiger partial charge is 0.351 e. The van der Waals surface area contributed by atoms with E-state index in [1.807, 2.05) is 6.92 Å². The highest BCUT2D eigenvalue weighted by atomic mass is 16.2. The standard InChI is InChI=1S/C11H23NO/c1-7-11(5,6)12-10(13)9(4)8(2)3/h8-9H,7H2,1-6H3,(H,12,13). The lowest BCUT2D eigenvalue weighted by atomic mass is 9.94. The van der Waals surface area contributed by atoms with E-state index >= 15 is 0 Å². The quantitative estimate of drug-likeness (QED) is 0.716. The van der Waals surface area contributed by atoms with Crippen molar-refractivity contribution < 1.29 is 4.79 Å². The first-order valence-electron chi connectivity index (χ1n) is 5.12. The number of rotatable bonds is 4. The Bertz CT molecular complexity index is 173. The molecule has 1 N–H and O–H groups in total. The van der Waals surface area contributed by atoms with Crippen LogP contribution in [-0.2, 0) is 4.79 Å². The van der Waals surface area contributed by atoms with E-state index in [2.05, 4.69) is 39.9 Å². The summed E-state index contributed by atoms with van der Waals surface area (Å²) >= 11 is 0. The van der Waals surface area contributed by atoms with E-state index in [9.17, 15) is 4.79 Å². The van der Waals surface area contributed by atoms with E-state index in [0.29, 0.717) is 5.92 Å². The van der Waals surface area contributed by atoms with Gasteiger partial charge in [0, 0.05) is 11.5 Å². The minimum Gasteiger partial charge on any atom is -0.351 e. The molecule has 0 aromatic carbocycles. The maximum absolute atomic E-state index is 11.6. The lowest BCUT2D eigenvalue weighted by molar-refractivity contribution is -0.127. The fourth-order valence-corrected chi connectivity index (χ4v) is 0.838. The third kappa shape index (κ3) is 4.30. The van der Waals surface area contributed by atoms with Crippen LogP contribution in [-0.4, -0.2) is 11.4 Å². The average Bonchev–Trinajstić information content (AvgIpc) is 2.02. The van der Waals surface area contributed by atoms with Crippen molar-refractivity contribution in [3.8, 4) is 0 Å². The van der Waals surface area contributed by atoms with Gasteiger partial charge in [0.1, 0.15) is 0 Å². The van der Waals surface area contributed by atoms with Crippen molar-refractivity contribution >= 4 is 5.91 Å². The maximum atomic E-state index is 11.6. The fraction of sp³-hybridized carbons (Fsp3) is 0.909. The molecule has 0 aromatic heterocycles. The topological polar surface area (TPSA) is 29.1 Å². The molecule has 0 aliphatic rings. The normalized spacial score (nSPS) is 14.4. The molecular formula is C11H23NO. The molecule has 0 rings (SSSR count). The second kappa shape index (κ2) is 4.64. The first-order valence-corrected chi connectivity index (χ1v) is 5.12. The highest BCUT2D eigenvalue weighted by Gasteiger charge is 2.23. The van der Waals surface area contributed by atoms with E-state index in [1.165, 1.54) is 0 Å². The molecule has 0 aliphatic carbocycles. The van der Waals surface area contributed by atoms with Crippen molar-refractivity contribution in [1.82, 2.24) is 5.32 Å². The highest BCUT2D eigenvalue weighted by molar-refractivity contribution is 5.79. The van der Waals surface area contributed by atoms with Crippen LogP contribution in [0.15, 0.2) is 0 Å². The molecule has 0 bridgehead atoms. The van der Waals surface area contributed by atoms with E-state index in [0.717, 1.165) is 6.42 Å². The zero-order valence-electron chi connectivity index (χ0n) is 9.77. The molecule has 13 heavy (non-hydrogen) atoms. The van der Waals surface area contributed by atoms with Crippen LogP contribution in [0.4, 0.5) is 0 Å². The van der Waals surface area contributed by atoms with Crippen molar-refractivity contribution in [3.05, 3.63) is 0 Å². The van der Waals surface area contributed by atoms with Crippen molar-refractivity contribution in [3.63, 3.8) is 0 Å². The van der Waals surface area contributed by atoms with Crippen LogP contribution in [0, 0.1) is 11.8 Å². The Morgan fingerprint density at radius 2 is 1.77 bits per heavy atom. The molecule has 0 radical (unpaired) electrons. The maximum Gasteiger partial charge on any atom is 0.223 e. The van der Waals surface area contributed by atoms with E-state index in [4.69, 9.17) is 0 Å². The summed E-state index contributed by atoms with van der Waals surface area (Å²) in [5.41, 5.74) is -0.0692. The van der Waals surface area contributed by atoms with Crippen LogP contribution in [0.2, 0.25) is 0 Å². The van der Waals surface area contributed by atoms with Gasteiger partial charge in [-0.3, -0.25) is 4.79 Å². The Hall–Kier alpha value is -0.530. The number of nitrogens with one attached hydrogen (secondary N) is 1. The average molecular weight is 185 g/mol. The zero-order chi connectivity index (χ0) is 10.6. The van der Waals surface area contributed by atoms with Crippen LogP contribution >= 0.6 is 0 Å². The minimum atomic E-state index is -0.0692. The predicted octanol–water partition coefficient (Wildman–Crippen LogP) is 2.58. The molecule has 0 heterocycles. The van der Waals surface area contributed by atoms with Crippen molar-refractivity contribution in [2.75, 3.05) is 0 Å². The van der Waals surface area contributed by atoms with E-state index in [-0.39, 0.29) is 17.4 Å². The van der Waals surface area contributed by atoms with Gasteiger partial charge in [-0.15, -0.1) is 0 Å². The SMILES string of the molecule is CCC(C)(C)NC(=O)C(C)C(C)C. The van der Waals surface area contributed by atoms with Gasteiger partial charge < -0.3 is 5.32 Å². The van der Waals surface area contributed by atoms with Gasteiger partial charge in [0.15, 0.2) is 0 Å². The Morgan fingerprint density at radius 3 is 2.08 bits per heavy atom. The first kappa shape index (κ1) is 12.5. The molecule has 1 atom stereocenters. The number of carbonyl (C=O) groups is 1. The second-order valence-corrected chi connectivity index (χ2v) is 4.76. The number of amides is 1. The number of hydrogen-bond acceptors (Lipinski definition) is 1. The van der Waals surface area contributed by atoms with Gasteiger partial charge in [-0.05, 0) is 26.2 Å². The van der Waals surface area contributed by atoms with Crippen LogP contribution in [0.1, 0.15) is 48.0 Å². The lowest BCUT2D eigenvalue weighted by Crippen LogP contribution is -2.46. The van der Waals surface area contributed by atoms with Gasteiger partial charge in [0.25, 0.3) is 0 Å². The third-order valence-corrected chi connectivity index (χ3v) is 2.76. The summed E-state index contributed by atoms with van der Waals surface area (Å²) in [4.78, 5) is 11.6. The molecule has 0 saturated heterocycles. The summed E-state index contributed by atoms with van der Waals surface area (Å²) in [7, 11) is 0. The van der Waals surface area contributed by atoms with Gasteiger partial charge in [0.05, 0.1) is 0 Å². The summed E-state index contributed by atoms with van der Waals surface area (Å²) in [6, 6.07) is 0. The molecular weight excluding hydrogens is 162 g/mol. The van der Waals surface area contributed by atoms with Gasteiger partial charge in [-0.1, -0.05) is 27.7 Å². The van der Waals surface area contributed by atoms with Gasteiger partial charge in [0.2, 0.25) is 5.91 Å². The molecule has 1 amide bonds. The van der Waals surface area contributed by atoms with Crippen LogP contribution in [0.25, 0.3) is 0 Å². The lowest BCUT2D eigenvalue weighted by Gasteiger charge is -2.27. The molecule has 0 spiro atoms. The van der Waals surface area contributed by atoms with Crippen molar-refractivity contribution in [2.45, 2.75) is 53.5 Å². The zero-order valence-corrected chi connectivity index (χ0v) is 9.77. The second-order valence-electron chi connectivity index (χ2n) is 4.76. The Labute approximate surface area is 82.1 Å². The summed E-state index contributed by atoms with van der Waals surface area (Å²) in [6.45, 7) is 12.3. The van der Waals surface area contributed by atoms with Gasteiger partial charge >= 0.3 is 0 Å². The van der Waals surface area contributed by atoms with Crippen molar-refractivity contribution in [2.24, 2.45) is 11.8 Å². The predicted molar refractivity (Wildman–Crippen MR) is 56.5 cm³/mol. The number of carbonyl (C=O) groups excluding carboxylic acids is 1. The molecule has 0 saturated carbocycles. The van der Waals surface area contributed by atoms with Crippen LogP contribution < -0.4 is 5.32 Å². The summed E-state index contributed by atoms with van der Waals surface area (Å²) in [5.74, 6) is 0.681. The molecule has 0 aromatic rings. The van der Waals surface area contributed by atoms with E-state index in [1.54, 1.807) is 0 Å². The molecule has 0 fully saturated rings. The van der Waals surface area contributed by atoms with Gasteiger partial charge in [-0.25, -0.2) is 0 Å². The molecule has 1 unspecified atom stereocenters. The Balaban J connectivity index is 4.15. The monoisotopic (exact) mass is 185 g/mol. The van der Waals surface area contributed by atoms with Crippen molar-refractivity contribution in [1.29, 1.82) is 0 Å². The van der Waals surface area contributed by atoms with Crippen LogP contribution in [0.3, 0.4) is 0 Å². The molecule has 0 aliphatic heterocycles. The summed E-state index contributed by atoms with van der Waals surface area (Å²) in [5, 5.41) is 3.05. The van der Waals surface area contributed by atoms with Gasteiger partial charge in [-0.2, -0.15) is 0 Å². The first-order chi connectivity index (χ1) is 5.80. The Morgan fingerprint density at radius 1 is 1.31 bits per heavy atom. The molecule has 2 nitrogen and oxygen atoms in total. The van der Waals surface area contributed by atoms with E-state index < -0.39 is 0 Å². The number of hydrogen-bond donors (Lipinski definition) is 1. The highest BCUT2D eigenvalue weighted by Crippen LogP contribution is 2.13. The van der Waals surface area contributed by atoms with Crippen LogP contribution in [0.5, 0.6) is 0 Å². The Kier molecular flexibility index (Phi) is 4.45.